The van der Waals surface area contributed by atoms with Gasteiger partial charge in [0, 0.05) is 5.41 Å². The highest BCUT2D eigenvalue weighted by molar-refractivity contribution is 6.05. The van der Waals surface area contributed by atoms with E-state index in [2.05, 4.69) is 13.8 Å². The van der Waals surface area contributed by atoms with Crippen molar-refractivity contribution in [3.05, 3.63) is 41.2 Å². The van der Waals surface area contributed by atoms with Gasteiger partial charge in [-0.2, -0.15) is 0 Å². The van der Waals surface area contributed by atoms with Crippen molar-refractivity contribution in [2.75, 3.05) is 0 Å². The van der Waals surface area contributed by atoms with Crippen LogP contribution in [0.25, 0.3) is 6.08 Å². The van der Waals surface area contributed by atoms with Gasteiger partial charge in [-0.25, -0.2) is 4.39 Å². The molecule has 0 bridgehead atoms. The summed E-state index contributed by atoms with van der Waals surface area (Å²) in [5.74, 6) is 0.0446. The van der Waals surface area contributed by atoms with Gasteiger partial charge in [-0.1, -0.05) is 26.0 Å². The van der Waals surface area contributed by atoms with E-state index >= 15 is 0 Å². The lowest BCUT2D eigenvalue weighted by molar-refractivity contribution is -0.123. The minimum Gasteiger partial charge on any atom is -0.294 e. The van der Waals surface area contributed by atoms with Crippen molar-refractivity contribution in [2.45, 2.75) is 39.5 Å². The van der Waals surface area contributed by atoms with Gasteiger partial charge in [0.15, 0.2) is 5.78 Å². The molecule has 2 heteroatoms. The van der Waals surface area contributed by atoms with Crippen LogP contribution in [0.1, 0.15) is 45.1 Å². The Kier molecular flexibility index (Phi) is 3.65. The van der Waals surface area contributed by atoms with Crippen molar-refractivity contribution in [3.63, 3.8) is 0 Å². The van der Waals surface area contributed by atoms with E-state index in [0.717, 1.165) is 36.8 Å². The molecule has 1 nitrogen and oxygen atoms in total. The summed E-state index contributed by atoms with van der Waals surface area (Å²) in [6.07, 6.45) is 5.52. The SMILES string of the molecule is CCC1(CC)CCC(=Cc2ccc(F)cc2)C1=O. The Morgan fingerprint density at radius 3 is 2.33 bits per heavy atom. The van der Waals surface area contributed by atoms with Crippen molar-refractivity contribution in [1.29, 1.82) is 0 Å². The molecule has 0 spiro atoms. The molecule has 0 atom stereocenters. The fourth-order valence-corrected chi connectivity index (χ4v) is 2.76. The molecule has 1 aromatic carbocycles. The highest BCUT2D eigenvalue weighted by Crippen LogP contribution is 2.43. The summed E-state index contributed by atoms with van der Waals surface area (Å²) in [4.78, 5) is 12.4. The van der Waals surface area contributed by atoms with Crippen molar-refractivity contribution < 1.29 is 9.18 Å². The van der Waals surface area contributed by atoms with Crippen LogP contribution in [-0.4, -0.2) is 5.78 Å². The zero-order chi connectivity index (χ0) is 13.2. The predicted molar refractivity (Wildman–Crippen MR) is 71.6 cm³/mol. The Morgan fingerprint density at radius 2 is 1.83 bits per heavy atom. The van der Waals surface area contributed by atoms with E-state index in [1.807, 2.05) is 6.08 Å². The summed E-state index contributed by atoms with van der Waals surface area (Å²) >= 11 is 0. The van der Waals surface area contributed by atoms with Crippen molar-refractivity contribution in [2.24, 2.45) is 5.41 Å². The number of ketones is 1. The van der Waals surface area contributed by atoms with Gasteiger partial charge in [-0.15, -0.1) is 0 Å². The van der Waals surface area contributed by atoms with Crippen molar-refractivity contribution in [3.8, 4) is 0 Å². The Hall–Kier alpha value is -1.44. The Morgan fingerprint density at radius 1 is 1.22 bits per heavy atom. The average Bonchev–Trinajstić information content (AvgIpc) is 2.70. The first kappa shape index (κ1) is 13.0. The number of benzene rings is 1. The number of halogens is 1. The van der Waals surface area contributed by atoms with Gasteiger partial charge in [-0.3, -0.25) is 4.79 Å². The number of allylic oxidation sites excluding steroid dienone is 1. The summed E-state index contributed by atoms with van der Waals surface area (Å²) in [7, 11) is 0. The molecule has 0 radical (unpaired) electrons. The van der Waals surface area contributed by atoms with Crippen LogP contribution in [0.5, 0.6) is 0 Å². The second-order valence-corrected chi connectivity index (χ2v) is 5.04. The summed E-state index contributed by atoms with van der Waals surface area (Å²) in [6.45, 7) is 4.17. The number of rotatable bonds is 3. The highest BCUT2D eigenvalue weighted by atomic mass is 19.1. The normalized spacial score (nSPS) is 20.6. The molecule has 0 aromatic heterocycles. The minimum atomic E-state index is -0.244. The smallest absolute Gasteiger partial charge is 0.164 e. The van der Waals surface area contributed by atoms with E-state index in [0.29, 0.717) is 0 Å². The Labute approximate surface area is 108 Å². The van der Waals surface area contributed by atoms with Gasteiger partial charge in [0.05, 0.1) is 0 Å². The molecule has 0 unspecified atom stereocenters. The third-order valence-corrected chi connectivity index (χ3v) is 4.21. The topological polar surface area (TPSA) is 17.1 Å². The monoisotopic (exact) mass is 246 g/mol. The number of carbonyl (C=O) groups is 1. The molecular formula is C16H19FO. The summed E-state index contributed by atoms with van der Waals surface area (Å²) in [5, 5.41) is 0. The zero-order valence-electron chi connectivity index (χ0n) is 11.0. The first-order chi connectivity index (χ1) is 8.61. The van der Waals surface area contributed by atoms with E-state index in [4.69, 9.17) is 0 Å². The van der Waals surface area contributed by atoms with Gasteiger partial charge < -0.3 is 0 Å². The summed E-state index contributed by atoms with van der Waals surface area (Å²) in [6, 6.07) is 6.29. The molecule has 18 heavy (non-hydrogen) atoms. The van der Waals surface area contributed by atoms with Crippen LogP contribution in [0.15, 0.2) is 29.8 Å². The maximum Gasteiger partial charge on any atom is 0.164 e. The molecule has 1 saturated carbocycles. The van der Waals surface area contributed by atoms with Gasteiger partial charge in [0.2, 0.25) is 0 Å². The molecule has 0 saturated heterocycles. The second-order valence-electron chi connectivity index (χ2n) is 5.04. The fourth-order valence-electron chi connectivity index (χ4n) is 2.76. The quantitative estimate of drug-likeness (QED) is 0.723. The van der Waals surface area contributed by atoms with Crippen molar-refractivity contribution in [1.82, 2.24) is 0 Å². The molecule has 2 rings (SSSR count). The van der Waals surface area contributed by atoms with Gasteiger partial charge >= 0.3 is 0 Å². The third kappa shape index (κ3) is 2.24. The highest BCUT2D eigenvalue weighted by Gasteiger charge is 2.41. The third-order valence-electron chi connectivity index (χ3n) is 4.21. The van der Waals surface area contributed by atoms with Crippen LogP contribution in [0.2, 0.25) is 0 Å². The van der Waals surface area contributed by atoms with E-state index in [9.17, 15) is 9.18 Å². The molecular weight excluding hydrogens is 227 g/mol. The predicted octanol–water partition coefficient (Wildman–Crippen LogP) is 4.38. The second kappa shape index (κ2) is 5.05. The molecule has 0 amide bonds. The Bertz CT molecular complexity index is 466. The van der Waals surface area contributed by atoms with Crippen LogP contribution in [0.4, 0.5) is 4.39 Å². The molecule has 0 aliphatic heterocycles. The van der Waals surface area contributed by atoms with Gasteiger partial charge in [0.25, 0.3) is 0 Å². The average molecular weight is 246 g/mol. The maximum absolute atomic E-state index is 12.8. The van der Waals surface area contributed by atoms with Crippen LogP contribution < -0.4 is 0 Å². The number of Topliss-reactive ketones (excluding diaryl/α,β-unsaturated/α-hetero) is 1. The first-order valence-electron chi connectivity index (χ1n) is 6.62. The lowest BCUT2D eigenvalue weighted by Crippen LogP contribution is -2.24. The largest absolute Gasteiger partial charge is 0.294 e. The van der Waals surface area contributed by atoms with E-state index in [1.54, 1.807) is 12.1 Å². The van der Waals surface area contributed by atoms with Crippen LogP contribution >= 0.6 is 0 Å². The molecule has 1 aromatic rings. The first-order valence-corrected chi connectivity index (χ1v) is 6.62. The van der Waals surface area contributed by atoms with Crippen LogP contribution in [0, 0.1) is 11.2 Å². The van der Waals surface area contributed by atoms with E-state index < -0.39 is 0 Å². The minimum absolute atomic E-state index is 0.147. The summed E-state index contributed by atoms with van der Waals surface area (Å²) in [5.41, 5.74) is 1.65. The van der Waals surface area contributed by atoms with Gasteiger partial charge in [0.1, 0.15) is 5.82 Å². The zero-order valence-corrected chi connectivity index (χ0v) is 11.0. The number of carbonyl (C=O) groups excluding carboxylic acids is 1. The van der Waals surface area contributed by atoms with Crippen molar-refractivity contribution >= 4 is 11.9 Å². The van der Waals surface area contributed by atoms with Crippen LogP contribution in [-0.2, 0) is 4.79 Å². The lowest BCUT2D eigenvalue weighted by atomic mass is 9.79. The molecule has 1 fully saturated rings. The van der Waals surface area contributed by atoms with E-state index in [1.165, 1.54) is 12.1 Å². The van der Waals surface area contributed by atoms with E-state index in [-0.39, 0.29) is 17.0 Å². The standard InChI is InChI=1S/C16H19FO/c1-3-16(4-2)10-9-13(15(16)18)11-12-5-7-14(17)8-6-12/h5-8,11H,3-4,9-10H2,1-2H3. The molecule has 0 N–H and O–H groups in total. The fraction of sp³-hybridized carbons (Fsp3) is 0.438. The lowest BCUT2D eigenvalue weighted by Gasteiger charge is -2.22. The summed E-state index contributed by atoms with van der Waals surface area (Å²) < 4.78 is 12.8. The number of hydrogen-bond donors (Lipinski definition) is 0. The number of hydrogen-bond acceptors (Lipinski definition) is 1. The molecule has 1 aliphatic carbocycles. The molecule has 1 aliphatic rings. The Balaban J connectivity index is 2.26. The van der Waals surface area contributed by atoms with Crippen LogP contribution in [0.3, 0.4) is 0 Å². The molecule has 0 heterocycles. The molecule has 96 valence electrons. The maximum atomic E-state index is 12.8. The van der Waals surface area contributed by atoms with Gasteiger partial charge in [-0.05, 0) is 55.0 Å².